The van der Waals surface area contributed by atoms with E-state index in [0.717, 1.165) is 16.8 Å². The number of aromatic hydroxyl groups is 1. The summed E-state index contributed by atoms with van der Waals surface area (Å²) in [6.45, 7) is 3.96. The number of aryl methyl sites for hydroxylation is 2. The number of anilines is 1. The highest BCUT2D eigenvalue weighted by molar-refractivity contribution is 5.83. The lowest BCUT2D eigenvalue weighted by Crippen LogP contribution is -1.97. The lowest BCUT2D eigenvalue weighted by molar-refractivity contribution is -0.386. The molecular weight excluding hydrogens is 298 g/mol. The molecule has 0 saturated carbocycles. The van der Waals surface area contributed by atoms with Crippen molar-refractivity contribution >= 4 is 17.6 Å². The minimum Gasteiger partial charge on any atom is -0.500 e. The molecule has 7 heteroatoms. The molecule has 2 aromatic carbocycles. The number of methoxy groups -OCH3 is 1. The first-order valence-corrected chi connectivity index (χ1v) is 6.84. The summed E-state index contributed by atoms with van der Waals surface area (Å²) in [5, 5.41) is 24.7. The van der Waals surface area contributed by atoms with Crippen LogP contribution in [-0.4, -0.2) is 23.4 Å². The third-order valence-electron chi connectivity index (χ3n) is 3.27. The van der Waals surface area contributed by atoms with Crippen molar-refractivity contribution < 1.29 is 14.8 Å². The molecule has 0 bridgehead atoms. The number of phenols is 1. The van der Waals surface area contributed by atoms with Crippen LogP contribution in [0.5, 0.6) is 11.5 Å². The predicted molar refractivity (Wildman–Crippen MR) is 88.4 cm³/mol. The normalized spacial score (nSPS) is 10.7. The van der Waals surface area contributed by atoms with Crippen LogP contribution >= 0.6 is 0 Å². The summed E-state index contributed by atoms with van der Waals surface area (Å²) in [6.07, 6.45) is 1.42. The molecule has 0 fully saturated rings. The number of benzene rings is 2. The summed E-state index contributed by atoms with van der Waals surface area (Å²) in [6, 6.07) is 8.58. The number of rotatable bonds is 5. The largest absolute Gasteiger partial charge is 0.500 e. The first-order chi connectivity index (χ1) is 10.9. The summed E-state index contributed by atoms with van der Waals surface area (Å²) in [5.41, 5.74) is 5.91. The van der Waals surface area contributed by atoms with Crippen LogP contribution in [0, 0.1) is 24.0 Å². The Kier molecular flexibility index (Phi) is 4.80. The Morgan fingerprint density at radius 3 is 2.65 bits per heavy atom. The zero-order valence-corrected chi connectivity index (χ0v) is 13.0. The van der Waals surface area contributed by atoms with Crippen LogP contribution in [0.3, 0.4) is 0 Å². The van der Waals surface area contributed by atoms with Crippen molar-refractivity contribution in [2.45, 2.75) is 13.8 Å². The molecule has 2 rings (SSSR count). The molecule has 0 radical (unpaired) electrons. The molecule has 0 aromatic heterocycles. The zero-order chi connectivity index (χ0) is 17.0. The van der Waals surface area contributed by atoms with E-state index in [-0.39, 0.29) is 5.75 Å². The number of nitro groups is 1. The maximum atomic E-state index is 10.9. The molecule has 0 atom stereocenters. The maximum absolute atomic E-state index is 10.9. The lowest BCUT2D eigenvalue weighted by atomic mass is 10.1. The van der Waals surface area contributed by atoms with E-state index >= 15 is 0 Å². The van der Waals surface area contributed by atoms with Gasteiger partial charge in [-0.2, -0.15) is 5.10 Å². The summed E-state index contributed by atoms with van der Waals surface area (Å²) in [5.74, 6) is -0.482. The zero-order valence-electron chi connectivity index (χ0n) is 13.0. The van der Waals surface area contributed by atoms with Gasteiger partial charge in [0.1, 0.15) is 0 Å². The summed E-state index contributed by atoms with van der Waals surface area (Å²) < 4.78 is 4.94. The van der Waals surface area contributed by atoms with Crippen LogP contribution in [0.15, 0.2) is 35.4 Å². The molecule has 0 unspecified atom stereocenters. The van der Waals surface area contributed by atoms with Crippen molar-refractivity contribution in [1.82, 2.24) is 0 Å². The molecule has 7 nitrogen and oxygen atoms in total. The van der Waals surface area contributed by atoms with Gasteiger partial charge in [-0.05, 0) is 31.5 Å². The van der Waals surface area contributed by atoms with Crippen molar-refractivity contribution in [3.8, 4) is 11.5 Å². The molecule has 2 N–H and O–H groups in total. The van der Waals surface area contributed by atoms with Crippen molar-refractivity contribution in [3.63, 3.8) is 0 Å². The number of ether oxygens (including phenoxy) is 1. The monoisotopic (exact) mass is 315 g/mol. The van der Waals surface area contributed by atoms with Gasteiger partial charge in [-0.3, -0.25) is 15.5 Å². The van der Waals surface area contributed by atoms with Gasteiger partial charge >= 0.3 is 5.69 Å². The third kappa shape index (κ3) is 3.76. The third-order valence-corrected chi connectivity index (χ3v) is 3.27. The van der Waals surface area contributed by atoms with E-state index < -0.39 is 16.4 Å². The average molecular weight is 315 g/mol. The maximum Gasteiger partial charge on any atom is 0.315 e. The minimum atomic E-state index is -0.674. The Morgan fingerprint density at radius 2 is 2.04 bits per heavy atom. The average Bonchev–Trinajstić information content (AvgIpc) is 2.50. The molecule has 0 heterocycles. The molecule has 23 heavy (non-hydrogen) atoms. The van der Waals surface area contributed by atoms with E-state index in [9.17, 15) is 15.2 Å². The molecule has 0 spiro atoms. The van der Waals surface area contributed by atoms with Crippen LogP contribution in [0.2, 0.25) is 0 Å². The van der Waals surface area contributed by atoms with Crippen LogP contribution in [0.1, 0.15) is 16.7 Å². The van der Waals surface area contributed by atoms with Crippen molar-refractivity contribution in [3.05, 3.63) is 57.1 Å². The summed E-state index contributed by atoms with van der Waals surface area (Å²) in [4.78, 5) is 10.3. The number of nitrogens with one attached hydrogen (secondary N) is 1. The first-order valence-electron chi connectivity index (χ1n) is 6.84. The minimum absolute atomic E-state index is 0.0205. The second kappa shape index (κ2) is 6.78. The van der Waals surface area contributed by atoms with E-state index in [4.69, 9.17) is 4.74 Å². The van der Waals surface area contributed by atoms with Gasteiger partial charge in [0.15, 0.2) is 5.75 Å². The van der Waals surface area contributed by atoms with Gasteiger partial charge in [0, 0.05) is 11.6 Å². The van der Waals surface area contributed by atoms with E-state index in [1.165, 1.54) is 25.5 Å². The smallest absolute Gasteiger partial charge is 0.315 e. The molecular formula is C16H17N3O4. The van der Waals surface area contributed by atoms with Crippen LogP contribution < -0.4 is 10.2 Å². The van der Waals surface area contributed by atoms with Gasteiger partial charge in [0.25, 0.3) is 0 Å². The Balaban J connectivity index is 2.25. The highest BCUT2D eigenvalue weighted by atomic mass is 16.6. The number of hydrogen-bond donors (Lipinski definition) is 2. The second-order valence-corrected chi connectivity index (χ2v) is 5.04. The Hall–Kier alpha value is -3.09. The van der Waals surface area contributed by atoms with Crippen molar-refractivity contribution in [2.24, 2.45) is 5.10 Å². The fourth-order valence-electron chi connectivity index (χ4n) is 2.10. The standard InChI is InChI=1S/C16H17N3O4/c1-10-4-5-13(11(2)6-10)18-17-9-12-7-14(19(21)22)16(20)15(8-12)23-3/h4-9,18,20H,1-3H3/b17-9+. The Morgan fingerprint density at radius 1 is 1.30 bits per heavy atom. The predicted octanol–water partition coefficient (Wildman–Crippen LogP) is 3.37. The van der Waals surface area contributed by atoms with Gasteiger partial charge in [-0.25, -0.2) is 0 Å². The quantitative estimate of drug-likeness (QED) is 0.501. The number of hydrazone groups is 1. The van der Waals surface area contributed by atoms with Crippen molar-refractivity contribution in [1.29, 1.82) is 0 Å². The Bertz CT molecular complexity index is 772. The summed E-state index contributed by atoms with van der Waals surface area (Å²) in [7, 11) is 1.33. The van der Waals surface area contributed by atoms with Crippen LogP contribution in [-0.2, 0) is 0 Å². The topological polar surface area (TPSA) is 97.0 Å². The highest BCUT2D eigenvalue weighted by Gasteiger charge is 2.19. The fraction of sp³-hybridized carbons (Fsp3) is 0.188. The van der Waals surface area contributed by atoms with Gasteiger partial charge in [0.05, 0.1) is 23.9 Å². The molecule has 0 aliphatic heterocycles. The molecule has 0 amide bonds. The molecule has 0 aliphatic rings. The van der Waals surface area contributed by atoms with Crippen LogP contribution in [0.25, 0.3) is 0 Å². The number of nitro benzene ring substituents is 1. The SMILES string of the molecule is COc1cc(/C=N/Nc2ccc(C)cc2C)cc([N+](=O)[O-])c1O. The second-order valence-electron chi connectivity index (χ2n) is 5.04. The van der Waals surface area contributed by atoms with Gasteiger partial charge in [-0.1, -0.05) is 17.7 Å². The molecule has 0 aliphatic carbocycles. The van der Waals surface area contributed by atoms with E-state index in [1.54, 1.807) is 0 Å². The van der Waals surface area contributed by atoms with Crippen molar-refractivity contribution in [2.75, 3.05) is 12.5 Å². The number of hydrogen-bond acceptors (Lipinski definition) is 6. The Labute approximate surface area is 133 Å². The molecule has 120 valence electrons. The fourth-order valence-corrected chi connectivity index (χ4v) is 2.10. The number of nitrogens with zero attached hydrogens (tertiary/aromatic N) is 2. The van der Waals surface area contributed by atoms with Gasteiger partial charge < -0.3 is 9.84 Å². The first kappa shape index (κ1) is 16.3. The van der Waals surface area contributed by atoms with Gasteiger partial charge in [0.2, 0.25) is 5.75 Å². The highest BCUT2D eigenvalue weighted by Crippen LogP contribution is 2.36. The van der Waals surface area contributed by atoms with E-state index in [1.807, 2.05) is 32.0 Å². The summed E-state index contributed by atoms with van der Waals surface area (Å²) >= 11 is 0. The van der Waals surface area contributed by atoms with Gasteiger partial charge in [-0.15, -0.1) is 0 Å². The molecule has 2 aromatic rings. The number of phenolic OH excluding ortho intramolecular Hbond substituents is 1. The van der Waals surface area contributed by atoms with Crippen LogP contribution in [0.4, 0.5) is 11.4 Å². The molecule has 0 saturated heterocycles. The van der Waals surface area contributed by atoms with E-state index in [2.05, 4.69) is 10.5 Å². The lowest BCUT2D eigenvalue weighted by Gasteiger charge is -2.06. The van der Waals surface area contributed by atoms with E-state index in [0.29, 0.717) is 5.56 Å².